The van der Waals surface area contributed by atoms with Crippen molar-refractivity contribution in [1.29, 1.82) is 0 Å². The van der Waals surface area contributed by atoms with Crippen LogP contribution in [0.5, 0.6) is 11.5 Å². The van der Waals surface area contributed by atoms with Crippen molar-refractivity contribution in [3.05, 3.63) is 41.9 Å². The highest BCUT2D eigenvalue weighted by atomic mass is 19.2. The molecule has 0 unspecified atom stereocenters. The molecule has 8 nitrogen and oxygen atoms in total. The Kier molecular flexibility index (Phi) is 7.48. The summed E-state index contributed by atoms with van der Waals surface area (Å²) in [5.41, 5.74) is 5.48. The Hall–Kier alpha value is -2.85. The lowest BCUT2D eigenvalue weighted by molar-refractivity contribution is 0.0634. The number of nitrogens with zero attached hydrogens (tertiary/aromatic N) is 4. The smallest absolute Gasteiger partial charge is 0.261 e. The number of hydrogen-bond acceptors (Lipinski definition) is 7. The summed E-state index contributed by atoms with van der Waals surface area (Å²) in [4.78, 5) is 24.7. The van der Waals surface area contributed by atoms with Gasteiger partial charge in [0.1, 0.15) is 17.6 Å². The Labute approximate surface area is 192 Å². The van der Waals surface area contributed by atoms with Gasteiger partial charge in [-0.2, -0.15) is 0 Å². The molecule has 3 N–H and O–H groups in total. The average molecular weight is 464 g/mol. The van der Waals surface area contributed by atoms with Gasteiger partial charge in [0.25, 0.3) is 5.91 Å². The van der Waals surface area contributed by atoms with E-state index in [-0.39, 0.29) is 35.7 Å². The average Bonchev–Trinajstić information content (AvgIpc) is 3.08. The summed E-state index contributed by atoms with van der Waals surface area (Å²) in [5, 5.41) is 10.4. The van der Waals surface area contributed by atoms with E-state index in [9.17, 15) is 18.7 Å². The van der Waals surface area contributed by atoms with Crippen LogP contribution >= 0.6 is 0 Å². The van der Waals surface area contributed by atoms with Crippen molar-refractivity contribution >= 4 is 11.7 Å². The first-order valence-electron chi connectivity index (χ1n) is 11.0. The fourth-order valence-corrected chi connectivity index (χ4v) is 4.38. The Bertz CT molecular complexity index is 996. The number of aliphatic hydroxyl groups is 1. The number of aromatic nitrogens is 2. The lowest BCUT2D eigenvalue weighted by atomic mass is 10.1. The summed E-state index contributed by atoms with van der Waals surface area (Å²) in [6, 6.07) is 1.17. The molecule has 3 rings (SSSR count). The highest BCUT2D eigenvalue weighted by molar-refractivity contribution is 5.97. The van der Waals surface area contributed by atoms with Crippen molar-refractivity contribution in [2.75, 3.05) is 11.9 Å². The lowest BCUT2D eigenvalue weighted by Gasteiger charge is -2.32. The van der Waals surface area contributed by atoms with Gasteiger partial charge < -0.3 is 25.4 Å². The predicted molar refractivity (Wildman–Crippen MR) is 120 cm³/mol. The van der Waals surface area contributed by atoms with E-state index in [0.29, 0.717) is 18.7 Å². The molecular formula is C23H31F2N5O3. The Morgan fingerprint density at radius 1 is 1.18 bits per heavy atom. The van der Waals surface area contributed by atoms with E-state index < -0.39 is 29.2 Å². The number of anilines is 1. The van der Waals surface area contributed by atoms with E-state index >= 15 is 0 Å². The number of hydrogen-bond donors (Lipinski definition) is 2. The van der Waals surface area contributed by atoms with Crippen LogP contribution in [-0.2, 0) is 0 Å². The minimum absolute atomic E-state index is 0.133. The minimum atomic E-state index is -1.28. The number of halogens is 2. The summed E-state index contributed by atoms with van der Waals surface area (Å²) >= 11 is 0. The second-order valence-electron chi connectivity index (χ2n) is 8.92. The molecule has 1 aromatic carbocycles. The number of rotatable bonds is 7. The van der Waals surface area contributed by atoms with Crippen molar-refractivity contribution in [2.24, 2.45) is 5.73 Å². The highest BCUT2D eigenvalue weighted by Crippen LogP contribution is 2.36. The van der Waals surface area contributed by atoms with Crippen LogP contribution < -0.4 is 15.4 Å². The second kappa shape index (κ2) is 9.96. The Balaban J connectivity index is 2.02. The summed E-state index contributed by atoms with van der Waals surface area (Å²) in [6.07, 6.45) is 3.04. The van der Waals surface area contributed by atoms with Crippen LogP contribution in [0.15, 0.2) is 24.7 Å². The molecule has 1 aromatic heterocycles. The summed E-state index contributed by atoms with van der Waals surface area (Å²) in [6.45, 7) is 7.19. The number of nitrogens with two attached hydrogens (primary N) is 1. The third kappa shape index (κ3) is 5.06. The molecule has 0 bridgehead atoms. The normalized spacial score (nSPS) is 20.4. The van der Waals surface area contributed by atoms with Crippen molar-refractivity contribution in [3.8, 4) is 11.5 Å². The summed E-state index contributed by atoms with van der Waals surface area (Å²) in [5.74, 6) is -2.81. The Morgan fingerprint density at radius 2 is 1.85 bits per heavy atom. The van der Waals surface area contributed by atoms with Gasteiger partial charge in [-0.05, 0) is 52.7 Å². The molecule has 0 spiro atoms. The van der Waals surface area contributed by atoms with Crippen LogP contribution in [0.2, 0.25) is 0 Å². The van der Waals surface area contributed by atoms with Gasteiger partial charge in [-0.3, -0.25) is 4.79 Å². The molecule has 0 aliphatic heterocycles. The maximum absolute atomic E-state index is 14.9. The van der Waals surface area contributed by atoms with Crippen LogP contribution in [0, 0.1) is 11.6 Å². The van der Waals surface area contributed by atoms with Crippen molar-refractivity contribution in [1.82, 2.24) is 14.9 Å². The van der Waals surface area contributed by atoms with Gasteiger partial charge in [0.05, 0.1) is 18.3 Å². The van der Waals surface area contributed by atoms with E-state index in [1.54, 1.807) is 39.6 Å². The zero-order chi connectivity index (χ0) is 24.4. The molecule has 1 heterocycles. The molecule has 10 heteroatoms. The molecule has 1 saturated carbocycles. The monoisotopic (exact) mass is 463 g/mol. The van der Waals surface area contributed by atoms with E-state index in [4.69, 9.17) is 10.5 Å². The molecule has 180 valence electrons. The summed E-state index contributed by atoms with van der Waals surface area (Å²) < 4.78 is 35.0. The van der Waals surface area contributed by atoms with Crippen LogP contribution in [0.1, 0.15) is 50.9 Å². The van der Waals surface area contributed by atoms with Gasteiger partial charge in [0, 0.05) is 25.2 Å². The molecule has 1 amide bonds. The van der Waals surface area contributed by atoms with Crippen LogP contribution in [0.3, 0.4) is 0 Å². The minimum Gasteiger partial charge on any atom is -0.451 e. The number of ether oxygens (including phenoxy) is 1. The number of aliphatic hydroxyl groups excluding tert-OH is 1. The van der Waals surface area contributed by atoms with Gasteiger partial charge in [0.2, 0.25) is 0 Å². The third-order valence-corrected chi connectivity index (χ3v) is 5.86. The largest absolute Gasteiger partial charge is 0.451 e. The van der Waals surface area contributed by atoms with E-state index in [1.807, 2.05) is 0 Å². The van der Waals surface area contributed by atoms with E-state index in [2.05, 4.69) is 9.97 Å². The topological polar surface area (TPSA) is 105 Å². The number of carbonyl (C=O) groups excluding carboxylic acids is 1. The number of amides is 1. The molecular weight excluding hydrogens is 432 g/mol. The maximum atomic E-state index is 14.9. The molecule has 1 fully saturated rings. The number of benzene rings is 1. The second-order valence-corrected chi connectivity index (χ2v) is 8.92. The zero-order valence-corrected chi connectivity index (χ0v) is 19.5. The van der Waals surface area contributed by atoms with Gasteiger partial charge in [-0.1, -0.05) is 0 Å². The van der Waals surface area contributed by atoms with Crippen molar-refractivity contribution < 1.29 is 23.4 Å². The molecule has 1 aliphatic carbocycles. The highest BCUT2D eigenvalue weighted by Gasteiger charge is 2.36. The summed E-state index contributed by atoms with van der Waals surface area (Å²) in [7, 11) is 1.73. The van der Waals surface area contributed by atoms with Gasteiger partial charge in [-0.25, -0.2) is 18.7 Å². The zero-order valence-electron chi connectivity index (χ0n) is 19.5. The van der Waals surface area contributed by atoms with Gasteiger partial charge >= 0.3 is 0 Å². The third-order valence-electron chi connectivity index (χ3n) is 5.86. The molecule has 0 radical (unpaired) electrons. The standard InChI is InChI=1S/C23H31F2N5O3/c1-12(2)30(13(3)4)23(32)20-18(7-6-15(24)21(20)25)33-19-10-27-11-28-22(19)29(5)16-8-14(26)9-17(16)31/h6-7,10-14,16-17,31H,8-9,26H2,1-5H3/t14-,16+,17-/m1/s1. The van der Waals surface area contributed by atoms with Gasteiger partial charge in [-0.15, -0.1) is 0 Å². The fraction of sp³-hybridized carbons (Fsp3) is 0.522. The van der Waals surface area contributed by atoms with Crippen molar-refractivity contribution in [2.45, 2.75) is 70.8 Å². The van der Waals surface area contributed by atoms with E-state index in [0.717, 1.165) is 6.07 Å². The molecule has 3 atom stereocenters. The SMILES string of the molecule is CC(C)N(C(=O)c1c(Oc2cncnc2N(C)[C@H]2C[C@@H](N)C[C@H]2O)ccc(F)c1F)C(C)C. The van der Waals surface area contributed by atoms with Crippen LogP contribution in [0.4, 0.5) is 14.6 Å². The molecule has 33 heavy (non-hydrogen) atoms. The maximum Gasteiger partial charge on any atom is 0.261 e. The van der Waals surface area contributed by atoms with Crippen LogP contribution in [-0.4, -0.2) is 63.2 Å². The fourth-order valence-electron chi connectivity index (χ4n) is 4.38. The molecule has 0 saturated heterocycles. The first kappa shape index (κ1) is 24.8. The van der Waals surface area contributed by atoms with Gasteiger partial charge in [0.15, 0.2) is 23.2 Å². The number of likely N-dealkylation sites (N-methyl/N-ethyl adjacent to an activating group) is 1. The van der Waals surface area contributed by atoms with E-state index in [1.165, 1.54) is 23.5 Å². The number of carbonyl (C=O) groups is 1. The molecule has 2 aromatic rings. The van der Waals surface area contributed by atoms with Crippen LogP contribution in [0.25, 0.3) is 0 Å². The Morgan fingerprint density at radius 3 is 2.42 bits per heavy atom. The first-order valence-corrected chi connectivity index (χ1v) is 11.0. The quantitative estimate of drug-likeness (QED) is 0.650. The first-order chi connectivity index (χ1) is 15.5. The predicted octanol–water partition coefficient (Wildman–Crippen LogP) is 3.09. The lowest BCUT2D eigenvalue weighted by Crippen LogP contribution is -2.42. The van der Waals surface area contributed by atoms with Crippen molar-refractivity contribution in [3.63, 3.8) is 0 Å². The molecule has 1 aliphatic rings.